The van der Waals surface area contributed by atoms with Gasteiger partial charge in [0.15, 0.2) is 0 Å². The van der Waals surface area contributed by atoms with Crippen LogP contribution in [0.15, 0.2) is 48.5 Å². The van der Waals surface area contributed by atoms with E-state index in [1.54, 1.807) is 0 Å². The molecule has 1 nitrogen and oxygen atoms in total. The summed E-state index contributed by atoms with van der Waals surface area (Å²) in [6.07, 6.45) is 0.946. The Morgan fingerprint density at radius 2 is 1.80 bits per heavy atom. The standard InChI is InChI=1S/C14H14N/c15-11-10-12-6-8-14(9-7-12)13-4-2-1-3-5-13/h1-2,4-9H,10-11,15H2. The molecule has 2 rings (SSSR count). The summed E-state index contributed by atoms with van der Waals surface area (Å²) in [6, 6.07) is 19.6. The highest BCUT2D eigenvalue weighted by molar-refractivity contribution is 5.63. The first-order chi connectivity index (χ1) is 7.40. The third kappa shape index (κ3) is 2.45. The summed E-state index contributed by atoms with van der Waals surface area (Å²) in [4.78, 5) is 0. The fourth-order valence-corrected chi connectivity index (χ4v) is 1.60. The van der Waals surface area contributed by atoms with Gasteiger partial charge in [0.05, 0.1) is 0 Å². The molecular formula is C14H14N. The van der Waals surface area contributed by atoms with Crippen LogP contribution in [-0.2, 0) is 6.42 Å². The Labute approximate surface area is 90.6 Å². The molecule has 15 heavy (non-hydrogen) atoms. The molecule has 2 aromatic rings. The second-order valence-corrected chi connectivity index (χ2v) is 3.53. The Balaban J connectivity index is 2.24. The van der Waals surface area contributed by atoms with Crippen LogP contribution in [0.2, 0.25) is 0 Å². The van der Waals surface area contributed by atoms with E-state index in [1.807, 2.05) is 18.2 Å². The quantitative estimate of drug-likeness (QED) is 0.802. The molecule has 0 atom stereocenters. The molecule has 1 radical (unpaired) electrons. The number of rotatable bonds is 3. The minimum absolute atomic E-state index is 0.707. The van der Waals surface area contributed by atoms with E-state index >= 15 is 0 Å². The number of hydrogen-bond acceptors (Lipinski definition) is 1. The molecule has 0 aliphatic rings. The van der Waals surface area contributed by atoms with Crippen molar-refractivity contribution >= 4 is 0 Å². The third-order valence-corrected chi connectivity index (χ3v) is 2.43. The van der Waals surface area contributed by atoms with Crippen LogP contribution in [0, 0.1) is 6.07 Å². The zero-order chi connectivity index (χ0) is 10.5. The van der Waals surface area contributed by atoms with Crippen LogP contribution in [0.5, 0.6) is 0 Å². The second kappa shape index (κ2) is 4.76. The molecule has 0 heterocycles. The van der Waals surface area contributed by atoms with Crippen molar-refractivity contribution in [3.8, 4) is 11.1 Å². The first kappa shape index (κ1) is 9.94. The van der Waals surface area contributed by atoms with Gasteiger partial charge in [-0.05, 0) is 41.8 Å². The van der Waals surface area contributed by atoms with Gasteiger partial charge >= 0.3 is 0 Å². The Kier molecular flexibility index (Phi) is 3.15. The van der Waals surface area contributed by atoms with Gasteiger partial charge in [0.1, 0.15) is 0 Å². The summed E-state index contributed by atoms with van der Waals surface area (Å²) < 4.78 is 0. The maximum Gasteiger partial charge on any atom is -0.00367 e. The van der Waals surface area contributed by atoms with Gasteiger partial charge in [-0.1, -0.05) is 42.5 Å². The summed E-state index contributed by atoms with van der Waals surface area (Å²) in [7, 11) is 0. The minimum Gasteiger partial charge on any atom is -0.330 e. The predicted molar refractivity (Wildman–Crippen MR) is 63.5 cm³/mol. The fourth-order valence-electron chi connectivity index (χ4n) is 1.60. The van der Waals surface area contributed by atoms with Gasteiger partial charge in [-0.15, -0.1) is 0 Å². The van der Waals surface area contributed by atoms with Crippen molar-refractivity contribution < 1.29 is 0 Å². The van der Waals surface area contributed by atoms with E-state index < -0.39 is 0 Å². The van der Waals surface area contributed by atoms with Crippen LogP contribution < -0.4 is 5.73 Å². The molecule has 0 fully saturated rings. The zero-order valence-corrected chi connectivity index (χ0v) is 8.61. The summed E-state index contributed by atoms with van der Waals surface area (Å²) in [5.74, 6) is 0. The van der Waals surface area contributed by atoms with E-state index in [0.29, 0.717) is 6.54 Å². The van der Waals surface area contributed by atoms with Crippen molar-refractivity contribution in [2.75, 3.05) is 6.54 Å². The smallest absolute Gasteiger partial charge is 0.00367 e. The molecular weight excluding hydrogens is 182 g/mol. The normalized spacial score (nSPS) is 10.2. The van der Waals surface area contributed by atoms with Crippen molar-refractivity contribution in [2.45, 2.75) is 6.42 Å². The van der Waals surface area contributed by atoms with Gasteiger partial charge in [-0.25, -0.2) is 0 Å². The van der Waals surface area contributed by atoms with Crippen LogP contribution in [0.1, 0.15) is 5.56 Å². The Bertz CT molecular complexity index is 403. The van der Waals surface area contributed by atoms with E-state index in [-0.39, 0.29) is 0 Å². The van der Waals surface area contributed by atoms with Crippen LogP contribution in [0.3, 0.4) is 0 Å². The highest BCUT2D eigenvalue weighted by Crippen LogP contribution is 2.18. The van der Waals surface area contributed by atoms with Gasteiger partial charge < -0.3 is 5.73 Å². The third-order valence-electron chi connectivity index (χ3n) is 2.43. The Hall–Kier alpha value is -1.60. The maximum absolute atomic E-state index is 5.50. The van der Waals surface area contributed by atoms with E-state index in [1.165, 1.54) is 16.7 Å². The monoisotopic (exact) mass is 196 g/mol. The highest BCUT2D eigenvalue weighted by Gasteiger charge is 1.96. The van der Waals surface area contributed by atoms with Crippen molar-refractivity contribution in [3.63, 3.8) is 0 Å². The zero-order valence-electron chi connectivity index (χ0n) is 8.61. The molecule has 0 saturated heterocycles. The van der Waals surface area contributed by atoms with Gasteiger partial charge in [0.25, 0.3) is 0 Å². The lowest BCUT2D eigenvalue weighted by molar-refractivity contribution is 0.969. The summed E-state index contributed by atoms with van der Waals surface area (Å²) in [5, 5.41) is 0. The average Bonchev–Trinajstić information content (AvgIpc) is 2.32. The number of nitrogens with two attached hydrogens (primary N) is 1. The summed E-state index contributed by atoms with van der Waals surface area (Å²) >= 11 is 0. The molecule has 0 aliphatic carbocycles. The summed E-state index contributed by atoms with van der Waals surface area (Å²) in [5.41, 5.74) is 9.23. The van der Waals surface area contributed by atoms with Gasteiger partial charge in [-0.3, -0.25) is 0 Å². The topological polar surface area (TPSA) is 26.0 Å². The first-order valence-corrected chi connectivity index (χ1v) is 5.15. The largest absolute Gasteiger partial charge is 0.330 e. The van der Waals surface area contributed by atoms with Gasteiger partial charge in [0.2, 0.25) is 0 Å². The van der Waals surface area contributed by atoms with Crippen LogP contribution >= 0.6 is 0 Å². The SMILES string of the molecule is NCCc1ccc(-c2c[c]ccc2)cc1. The molecule has 75 valence electrons. The highest BCUT2D eigenvalue weighted by atomic mass is 14.5. The first-order valence-electron chi connectivity index (χ1n) is 5.15. The van der Waals surface area contributed by atoms with Crippen molar-refractivity contribution in [2.24, 2.45) is 5.73 Å². The second-order valence-electron chi connectivity index (χ2n) is 3.53. The van der Waals surface area contributed by atoms with E-state index in [2.05, 4.69) is 36.4 Å². The van der Waals surface area contributed by atoms with Gasteiger partial charge in [-0.2, -0.15) is 0 Å². The molecule has 0 amide bonds. The number of benzene rings is 2. The lowest BCUT2D eigenvalue weighted by Crippen LogP contribution is -2.02. The maximum atomic E-state index is 5.50. The average molecular weight is 196 g/mol. The van der Waals surface area contributed by atoms with Gasteiger partial charge in [0, 0.05) is 0 Å². The molecule has 0 aromatic heterocycles. The minimum atomic E-state index is 0.707. The van der Waals surface area contributed by atoms with Crippen LogP contribution in [-0.4, -0.2) is 6.54 Å². The molecule has 1 heteroatoms. The van der Waals surface area contributed by atoms with Crippen LogP contribution in [0.25, 0.3) is 11.1 Å². The Morgan fingerprint density at radius 1 is 1.00 bits per heavy atom. The molecule has 0 unspecified atom stereocenters. The van der Waals surface area contributed by atoms with E-state index in [9.17, 15) is 0 Å². The molecule has 0 spiro atoms. The van der Waals surface area contributed by atoms with Crippen molar-refractivity contribution in [1.82, 2.24) is 0 Å². The molecule has 2 N–H and O–H groups in total. The predicted octanol–water partition coefficient (Wildman–Crippen LogP) is 2.65. The Morgan fingerprint density at radius 3 is 2.40 bits per heavy atom. The van der Waals surface area contributed by atoms with Crippen molar-refractivity contribution in [3.05, 3.63) is 60.2 Å². The lowest BCUT2D eigenvalue weighted by atomic mass is 10.0. The fraction of sp³-hybridized carbons (Fsp3) is 0.143. The molecule has 0 saturated carbocycles. The van der Waals surface area contributed by atoms with Crippen LogP contribution in [0.4, 0.5) is 0 Å². The summed E-state index contributed by atoms with van der Waals surface area (Å²) in [6.45, 7) is 0.707. The molecule has 2 aromatic carbocycles. The van der Waals surface area contributed by atoms with E-state index in [4.69, 9.17) is 5.73 Å². The van der Waals surface area contributed by atoms with E-state index in [0.717, 1.165) is 6.42 Å². The molecule has 0 aliphatic heterocycles. The molecule has 0 bridgehead atoms. The lowest BCUT2D eigenvalue weighted by Gasteiger charge is -2.03. The van der Waals surface area contributed by atoms with Crippen molar-refractivity contribution in [1.29, 1.82) is 0 Å². The number of hydrogen-bond donors (Lipinski definition) is 1.